The predicted octanol–water partition coefficient (Wildman–Crippen LogP) is 2.63. The molecule has 5 heteroatoms. The maximum absolute atomic E-state index is 11.9. The lowest BCUT2D eigenvalue weighted by Crippen LogP contribution is -2.24. The number of nitrogens with two attached hydrogens (primary N) is 1. The molecule has 3 N–H and O–H groups in total. The molecule has 1 aromatic heterocycles. The molecule has 2 aromatic rings. The van der Waals surface area contributed by atoms with Crippen molar-refractivity contribution in [1.82, 2.24) is 4.90 Å². The van der Waals surface area contributed by atoms with E-state index in [9.17, 15) is 4.79 Å². The Morgan fingerprint density at radius 1 is 1.29 bits per heavy atom. The van der Waals surface area contributed by atoms with Gasteiger partial charge in [0, 0.05) is 13.0 Å². The van der Waals surface area contributed by atoms with E-state index in [1.54, 1.807) is 12.1 Å². The summed E-state index contributed by atoms with van der Waals surface area (Å²) in [7, 11) is 1.96. The van der Waals surface area contributed by atoms with Crippen LogP contribution in [0.15, 0.2) is 40.8 Å². The normalized spacial score (nSPS) is 10.8. The Morgan fingerprint density at radius 2 is 2.05 bits per heavy atom. The van der Waals surface area contributed by atoms with Crippen molar-refractivity contribution < 1.29 is 9.21 Å². The third-order valence-corrected chi connectivity index (χ3v) is 3.18. The van der Waals surface area contributed by atoms with E-state index in [0.717, 1.165) is 11.5 Å². The third-order valence-electron chi connectivity index (χ3n) is 3.18. The Hall–Kier alpha value is -2.27. The molecule has 0 spiro atoms. The van der Waals surface area contributed by atoms with Crippen molar-refractivity contribution in [3.63, 3.8) is 0 Å². The molecule has 0 aliphatic heterocycles. The molecule has 0 bridgehead atoms. The second kappa shape index (κ2) is 6.95. The predicted molar refractivity (Wildman–Crippen MR) is 83.9 cm³/mol. The van der Waals surface area contributed by atoms with Crippen LogP contribution in [0.5, 0.6) is 0 Å². The highest BCUT2D eigenvalue weighted by molar-refractivity contribution is 5.93. The van der Waals surface area contributed by atoms with E-state index in [2.05, 4.69) is 5.32 Å². The maximum atomic E-state index is 11.9. The lowest BCUT2D eigenvalue weighted by Gasteiger charge is -2.15. The molecule has 1 amide bonds. The molecule has 0 aliphatic carbocycles. The largest absolute Gasteiger partial charge is 0.465 e. The Morgan fingerprint density at radius 3 is 2.71 bits per heavy atom. The number of aryl methyl sites for hydroxylation is 1. The number of amides is 1. The fourth-order valence-electron chi connectivity index (χ4n) is 2.03. The van der Waals surface area contributed by atoms with Crippen LogP contribution >= 0.6 is 0 Å². The summed E-state index contributed by atoms with van der Waals surface area (Å²) in [6.07, 6.45) is 0.407. The van der Waals surface area contributed by atoms with E-state index in [1.165, 1.54) is 0 Å². The zero-order chi connectivity index (χ0) is 15.2. The van der Waals surface area contributed by atoms with Crippen LogP contribution in [-0.2, 0) is 11.3 Å². The molecule has 21 heavy (non-hydrogen) atoms. The van der Waals surface area contributed by atoms with Crippen molar-refractivity contribution in [3.05, 3.63) is 47.9 Å². The summed E-state index contributed by atoms with van der Waals surface area (Å²) in [5.41, 5.74) is 7.03. The van der Waals surface area contributed by atoms with E-state index >= 15 is 0 Å². The number of rotatable bonds is 6. The van der Waals surface area contributed by atoms with Gasteiger partial charge in [-0.15, -0.1) is 0 Å². The van der Waals surface area contributed by atoms with Gasteiger partial charge in [-0.25, -0.2) is 0 Å². The number of furan rings is 1. The highest BCUT2D eigenvalue weighted by Gasteiger charge is 2.08. The molecule has 0 radical (unpaired) electrons. The van der Waals surface area contributed by atoms with Crippen LogP contribution in [0.1, 0.15) is 17.9 Å². The Balaban J connectivity index is 1.77. The summed E-state index contributed by atoms with van der Waals surface area (Å²) in [6, 6.07) is 11.1. The van der Waals surface area contributed by atoms with Gasteiger partial charge in [0.15, 0.2) is 0 Å². The maximum Gasteiger partial charge on any atom is 0.225 e. The quantitative estimate of drug-likeness (QED) is 0.801. The molecule has 0 fully saturated rings. The van der Waals surface area contributed by atoms with Crippen molar-refractivity contribution in [3.8, 4) is 0 Å². The Bertz CT molecular complexity index is 607. The molecule has 112 valence electrons. The van der Waals surface area contributed by atoms with Gasteiger partial charge in [0.1, 0.15) is 11.5 Å². The third kappa shape index (κ3) is 4.65. The minimum absolute atomic E-state index is 0.0459. The van der Waals surface area contributed by atoms with Crippen molar-refractivity contribution in [2.75, 3.05) is 24.6 Å². The number of para-hydroxylation sites is 2. The molecule has 1 heterocycles. The highest BCUT2D eigenvalue weighted by Crippen LogP contribution is 2.16. The van der Waals surface area contributed by atoms with Gasteiger partial charge in [-0.1, -0.05) is 12.1 Å². The summed E-state index contributed by atoms with van der Waals surface area (Å²) in [4.78, 5) is 14.0. The molecule has 1 aromatic carbocycles. The van der Waals surface area contributed by atoms with Gasteiger partial charge in [-0.3, -0.25) is 9.69 Å². The fourth-order valence-corrected chi connectivity index (χ4v) is 2.03. The van der Waals surface area contributed by atoms with Crippen LogP contribution in [0.4, 0.5) is 11.4 Å². The molecule has 5 nitrogen and oxygen atoms in total. The first-order valence-corrected chi connectivity index (χ1v) is 6.93. The molecule has 0 aliphatic rings. The van der Waals surface area contributed by atoms with Gasteiger partial charge < -0.3 is 15.5 Å². The standard InChI is InChI=1S/C16H21N3O2/c1-12-7-8-13(21-12)11-19(2)10-9-16(20)18-15-6-4-3-5-14(15)17/h3-8H,9-11,17H2,1-2H3,(H,18,20). The number of carbonyl (C=O) groups is 1. The molecular formula is C16H21N3O2. The van der Waals surface area contributed by atoms with E-state index in [4.69, 9.17) is 10.2 Å². The number of nitrogen functional groups attached to an aromatic ring is 1. The number of anilines is 2. The number of benzene rings is 1. The van der Waals surface area contributed by atoms with E-state index < -0.39 is 0 Å². The number of nitrogens with zero attached hydrogens (tertiary/aromatic N) is 1. The van der Waals surface area contributed by atoms with Crippen molar-refractivity contribution in [1.29, 1.82) is 0 Å². The Labute approximate surface area is 124 Å². The van der Waals surface area contributed by atoms with Crippen LogP contribution in [-0.4, -0.2) is 24.4 Å². The molecule has 2 rings (SSSR count). The zero-order valence-corrected chi connectivity index (χ0v) is 12.4. The summed E-state index contributed by atoms with van der Waals surface area (Å²) >= 11 is 0. The number of carbonyl (C=O) groups excluding carboxylic acids is 1. The molecule has 0 saturated carbocycles. The van der Waals surface area contributed by atoms with E-state index in [-0.39, 0.29) is 5.91 Å². The van der Waals surface area contributed by atoms with Crippen molar-refractivity contribution >= 4 is 17.3 Å². The zero-order valence-electron chi connectivity index (χ0n) is 12.4. The molecule has 0 saturated heterocycles. The molecular weight excluding hydrogens is 266 g/mol. The minimum atomic E-state index is -0.0459. The first-order valence-electron chi connectivity index (χ1n) is 6.93. The fraction of sp³-hybridized carbons (Fsp3) is 0.312. The summed E-state index contributed by atoms with van der Waals surface area (Å²) in [6.45, 7) is 3.26. The van der Waals surface area contributed by atoms with Gasteiger partial charge in [-0.2, -0.15) is 0 Å². The Kier molecular flexibility index (Phi) is 5.00. The second-order valence-corrected chi connectivity index (χ2v) is 5.14. The first-order chi connectivity index (χ1) is 10.0. The van der Waals surface area contributed by atoms with Gasteiger partial charge in [0.25, 0.3) is 0 Å². The van der Waals surface area contributed by atoms with Crippen LogP contribution in [0, 0.1) is 6.92 Å². The van der Waals surface area contributed by atoms with Crippen LogP contribution in [0.3, 0.4) is 0 Å². The van der Waals surface area contributed by atoms with Crippen molar-refractivity contribution in [2.45, 2.75) is 19.9 Å². The highest BCUT2D eigenvalue weighted by atomic mass is 16.3. The monoisotopic (exact) mass is 287 g/mol. The van der Waals surface area contributed by atoms with Gasteiger partial charge in [0.2, 0.25) is 5.91 Å². The van der Waals surface area contributed by atoms with Gasteiger partial charge >= 0.3 is 0 Å². The lowest BCUT2D eigenvalue weighted by molar-refractivity contribution is -0.116. The molecule has 0 unspecified atom stereocenters. The average molecular weight is 287 g/mol. The van der Waals surface area contributed by atoms with E-state index in [1.807, 2.05) is 43.1 Å². The summed E-state index contributed by atoms with van der Waals surface area (Å²) in [5.74, 6) is 1.76. The number of nitrogens with one attached hydrogen (secondary N) is 1. The molecule has 0 atom stereocenters. The topological polar surface area (TPSA) is 71.5 Å². The summed E-state index contributed by atoms with van der Waals surface area (Å²) in [5, 5.41) is 2.82. The summed E-state index contributed by atoms with van der Waals surface area (Å²) < 4.78 is 5.51. The average Bonchev–Trinajstić information content (AvgIpc) is 2.84. The SMILES string of the molecule is Cc1ccc(CN(C)CCC(=O)Nc2ccccc2N)o1. The van der Waals surface area contributed by atoms with Crippen LogP contribution in [0.2, 0.25) is 0 Å². The van der Waals surface area contributed by atoms with Gasteiger partial charge in [0.05, 0.1) is 17.9 Å². The van der Waals surface area contributed by atoms with Crippen molar-refractivity contribution in [2.24, 2.45) is 0 Å². The number of hydrogen-bond acceptors (Lipinski definition) is 4. The second-order valence-electron chi connectivity index (χ2n) is 5.14. The lowest BCUT2D eigenvalue weighted by atomic mass is 10.2. The van der Waals surface area contributed by atoms with Crippen LogP contribution < -0.4 is 11.1 Å². The van der Waals surface area contributed by atoms with Crippen LogP contribution in [0.25, 0.3) is 0 Å². The number of hydrogen-bond donors (Lipinski definition) is 2. The smallest absolute Gasteiger partial charge is 0.225 e. The first kappa shape index (κ1) is 15.1. The minimum Gasteiger partial charge on any atom is -0.465 e. The van der Waals surface area contributed by atoms with Gasteiger partial charge in [-0.05, 0) is 38.2 Å². The van der Waals surface area contributed by atoms with E-state index in [0.29, 0.717) is 30.9 Å².